The second-order valence-electron chi connectivity index (χ2n) is 6.88. The zero-order valence-electron chi connectivity index (χ0n) is 12.7. The van der Waals surface area contributed by atoms with Gasteiger partial charge in [0.1, 0.15) is 0 Å². The maximum atomic E-state index is 6.25. The Bertz CT molecular complexity index is 373. The fourth-order valence-corrected chi connectivity index (χ4v) is 4.30. The smallest absolute Gasteiger partial charge is 0.0590 e. The second kappa shape index (κ2) is 5.94. The van der Waals surface area contributed by atoms with Crippen molar-refractivity contribution in [1.29, 1.82) is 0 Å². The first-order chi connectivity index (χ1) is 8.91. The molecule has 0 bridgehead atoms. The molecule has 1 saturated carbocycles. The Hall–Kier alpha value is -0.380. The normalized spacial score (nSPS) is 23.5. The lowest BCUT2D eigenvalue weighted by molar-refractivity contribution is 0.0870. The largest absolute Gasteiger partial charge is 0.326 e. The van der Waals surface area contributed by atoms with Crippen LogP contribution in [0.4, 0.5) is 0 Å². The molecule has 2 unspecified atom stereocenters. The summed E-state index contributed by atoms with van der Waals surface area (Å²) in [7, 11) is 2.26. The maximum Gasteiger partial charge on any atom is 0.0590 e. The SMILES string of the molecule is CC(N)C(c1cccs1)N(C)C1CCC(C)(C)CC1. The van der Waals surface area contributed by atoms with E-state index in [1.807, 2.05) is 11.3 Å². The van der Waals surface area contributed by atoms with Gasteiger partial charge in [-0.2, -0.15) is 0 Å². The van der Waals surface area contributed by atoms with Crippen molar-refractivity contribution in [3.63, 3.8) is 0 Å². The number of nitrogens with two attached hydrogens (primary N) is 1. The average Bonchev–Trinajstić information content (AvgIpc) is 2.82. The van der Waals surface area contributed by atoms with E-state index in [1.54, 1.807) is 0 Å². The monoisotopic (exact) mass is 280 g/mol. The minimum absolute atomic E-state index is 0.179. The summed E-state index contributed by atoms with van der Waals surface area (Å²) in [5.74, 6) is 0. The van der Waals surface area contributed by atoms with Crippen LogP contribution in [0.15, 0.2) is 17.5 Å². The van der Waals surface area contributed by atoms with Gasteiger partial charge in [0, 0.05) is 17.0 Å². The summed E-state index contributed by atoms with van der Waals surface area (Å²) in [6, 6.07) is 5.59. The van der Waals surface area contributed by atoms with Crippen LogP contribution in [-0.2, 0) is 0 Å². The molecule has 1 aromatic heterocycles. The molecule has 1 aromatic rings. The van der Waals surface area contributed by atoms with E-state index < -0.39 is 0 Å². The van der Waals surface area contributed by atoms with E-state index in [4.69, 9.17) is 5.73 Å². The Morgan fingerprint density at radius 2 is 2.00 bits per heavy atom. The molecular formula is C16H28N2S. The first kappa shape index (κ1) is 15.0. The van der Waals surface area contributed by atoms with Crippen molar-refractivity contribution >= 4 is 11.3 Å². The molecule has 0 aromatic carbocycles. The Labute approximate surface area is 122 Å². The molecule has 1 fully saturated rings. The molecule has 2 rings (SSSR count). The first-order valence-corrected chi connectivity index (χ1v) is 8.29. The summed E-state index contributed by atoms with van der Waals surface area (Å²) in [6.45, 7) is 6.92. The molecule has 108 valence electrons. The van der Waals surface area contributed by atoms with Crippen molar-refractivity contribution in [3.8, 4) is 0 Å². The van der Waals surface area contributed by atoms with Gasteiger partial charge in [-0.1, -0.05) is 19.9 Å². The van der Waals surface area contributed by atoms with Crippen LogP contribution in [0.3, 0.4) is 0 Å². The Kier molecular flexibility index (Phi) is 4.70. The van der Waals surface area contributed by atoms with Crippen LogP contribution in [-0.4, -0.2) is 24.0 Å². The number of thiophene rings is 1. The van der Waals surface area contributed by atoms with Gasteiger partial charge in [-0.3, -0.25) is 4.90 Å². The summed E-state index contributed by atoms with van der Waals surface area (Å²) in [5, 5.41) is 2.16. The predicted octanol–water partition coefficient (Wildman–Crippen LogP) is 4.04. The van der Waals surface area contributed by atoms with Crippen molar-refractivity contribution in [2.45, 2.75) is 64.6 Å². The molecule has 3 heteroatoms. The van der Waals surface area contributed by atoms with Crippen LogP contribution >= 0.6 is 11.3 Å². The van der Waals surface area contributed by atoms with Gasteiger partial charge in [-0.05, 0) is 56.5 Å². The predicted molar refractivity (Wildman–Crippen MR) is 84.5 cm³/mol. The molecule has 1 aliphatic carbocycles. The molecule has 19 heavy (non-hydrogen) atoms. The highest BCUT2D eigenvalue weighted by atomic mass is 32.1. The number of likely N-dealkylation sites (N-methyl/N-ethyl adjacent to an activating group) is 1. The molecule has 1 aliphatic rings. The van der Waals surface area contributed by atoms with Crippen LogP contribution in [0.2, 0.25) is 0 Å². The Morgan fingerprint density at radius 3 is 2.47 bits per heavy atom. The Morgan fingerprint density at radius 1 is 1.37 bits per heavy atom. The van der Waals surface area contributed by atoms with Crippen molar-refractivity contribution in [1.82, 2.24) is 4.90 Å². The molecular weight excluding hydrogens is 252 g/mol. The molecule has 0 radical (unpaired) electrons. The van der Waals surface area contributed by atoms with Gasteiger partial charge in [-0.25, -0.2) is 0 Å². The first-order valence-electron chi connectivity index (χ1n) is 7.42. The third kappa shape index (κ3) is 3.59. The second-order valence-corrected chi connectivity index (χ2v) is 7.86. The van der Waals surface area contributed by atoms with Crippen molar-refractivity contribution in [2.75, 3.05) is 7.05 Å². The van der Waals surface area contributed by atoms with Crippen LogP contribution in [0.5, 0.6) is 0 Å². The van der Waals surface area contributed by atoms with E-state index >= 15 is 0 Å². The molecule has 2 N–H and O–H groups in total. The van der Waals surface area contributed by atoms with E-state index in [1.165, 1.54) is 30.6 Å². The van der Waals surface area contributed by atoms with E-state index in [2.05, 4.69) is 50.2 Å². The van der Waals surface area contributed by atoms with Gasteiger partial charge in [0.15, 0.2) is 0 Å². The fourth-order valence-electron chi connectivity index (χ4n) is 3.31. The molecule has 0 saturated heterocycles. The van der Waals surface area contributed by atoms with Gasteiger partial charge >= 0.3 is 0 Å². The molecule has 2 atom stereocenters. The van der Waals surface area contributed by atoms with Gasteiger partial charge in [0.25, 0.3) is 0 Å². The van der Waals surface area contributed by atoms with Gasteiger partial charge in [-0.15, -0.1) is 11.3 Å². The zero-order valence-corrected chi connectivity index (χ0v) is 13.5. The quantitative estimate of drug-likeness (QED) is 0.902. The highest BCUT2D eigenvalue weighted by molar-refractivity contribution is 7.10. The molecule has 0 amide bonds. The number of hydrogen-bond acceptors (Lipinski definition) is 3. The third-order valence-electron chi connectivity index (χ3n) is 4.66. The summed E-state index contributed by atoms with van der Waals surface area (Å²) < 4.78 is 0. The van der Waals surface area contributed by atoms with Crippen molar-refractivity contribution in [3.05, 3.63) is 22.4 Å². The maximum absolute atomic E-state index is 6.25. The molecule has 0 aliphatic heterocycles. The summed E-state index contributed by atoms with van der Waals surface area (Å²) >= 11 is 1.83. The zero-order chi connectivity index (χ0) is 14.0. The minimum atomic E-state index is 0.179. The van der Waals surface area contributed by atoms with Gasteiger partial charge < -0.3 is 5.73 Å². The lowest BCUT2D eigenvalue weighted by Crippen LogP contribution is -2.44. The van der Waals surface area contributed by atoms with Crippen LogP contribution in [0.25, 0.3) is 0 Å². The van der Waals surface area contributed by atoms with Gasteiger partial charge in [0.05, 0.1) is 6.04 Å². The van der Waals surface area contributed by atoms with Crippen LogP contribution in [0.1, 0.15) is 57.4 Å². The topological polar surface area (TPSA) is 29.3 Å². The van der Waals surface area contributed by atoms with E-state index in [-0.39, 0.29) is 6.04 Å². The van der Waals surface area contributed by atoms with E-state index in [0.29, 0.717) is 17.5 Å². The van der Waals surface area contributed by atoms with Crippen molar-refractivity contribution in [2.24, 2.45) is 11.1 Å². The number of rotatable bonds is 4. The molecule has 2 nitrogen and oxygen atoms in total. The standard InChI is InChI=1S/C16H28N2S/c1-12(17)15(14-6-5-11-19-14)18(4)13-7-9-16(2,3)10-8-13/h5-6,11-13,15H,7-10,17H2,1-4H3. The number of hydrogen-bond donors (Lipinski definition) is 1. The third-order valence-corrected chi connectivity index (χ3v) is 5.60. The lowest BCUT2D eigenvalue weighted by atomic mass is 9.75. The molecule has 0 spiro atoms. The summed E-state index contributed by atoms with van der Waals surface area (Å²) in [6.07, 6.45) is 5.27. The highest BCUT2D eigenvalue weighted by Crippen LogP contribution is 2.39. The van der Waals surface area contributed by atoms with Crippen LogP contribution in [0, 0.1) is 5.41 Å². The Balaban J connectivity index is 2.07. The highest BCUT2D eigenvalue weighted by Gasteiger charge is 2.33. The average molecular weight is 280 g/mol. The van der Waals surface area contributed by atoms with Crippen LogP contribution < -0.4 is 5.73 Å². The van der Waals surface area contributed by atoms with Gasteiger partial charge in [0.2, 0.25) is 0 Å². The summed E-state index contributed by atoms with van der Waals surface area (Å²) in [5.41, 5.74) is 6.79. The van der Waals surface area contributed by atoms with E-state index in [0.717, 1.165) is 0 Å². The molecule has 1 heterocycles. The fraction of sp³-hybridized carbons (Fsp3) is 0.750. The van der Waals surface area contributed by atoms with Crippen molar-refractivity contribution < 1.29 is 0 Å². The lowest BCUT2D eigenvalue weighted by Gasteiger charge is -2.42. The summed E-state index contributed by atoms with van der Waals surface area (Å²) in [4.78, 5) is 3.94. The number of nitrogens with zero attached hydrogens (tertiary/aromatic N) is 1. The van der Waals surface area contributed by atoms with E-state index in [9.17, 15) is 0 Å². The minimum Gasteiger partial charge on any atom is -0.326 e.